The molecule has 0 spiro atoms. The van der Waals surface area contributed by atoms with Crippen molar-refractivity contribution >= 4 is 28.5 Å². The number of ether oxygens (including phenoxy) is 1. The summed E-state index contributed by atoms with van der Waals surface area (Å²) in [6, 6.07) is 13.5. The van der Waals surface area contributed by atoms with Crippen LogP contribution in [-0.2, 0) is 11.2 Å². The van der Waals surface area contributed by atoms with E-state index in [2.05, 4.69) is 12.2 Å². The zero-order valence-electron chi connectivity index (χ0n) is 17.9. The molecule has 31 heavy (non-hydrogen) atoms. The van der Waals surface area contributed by atoms with E-state index in [-0.39, 0.29) is 34.7 Å². The fourth-order valence-corrected chi connectivity index (χ4v) is 3.35. The Balaban J connectivity index is 1.80. The van der Waals surface area contributed by atoms with Crippen LogP contribution in [0, 0.1) is 0 Å². The van der Waals surface area contributed by atoms with Crippen molar-refractivity contribution in [3.63, 3.8) is 0 Å². The number of esters is 1. The van der Waals surface area contributed by atoms with E-state index in [0.29, 0.717) is 11.3 Å². The molecule has 6 nitrogen and oxygen atoms in total. The van der Waals surface area contributed by atoms with Gasteiger partial charge in [0.1, 0.15) is 0 Å². The quantitative estimate of drug-likeness (QED) is 0.372. The number of benzene rings is 2. The minimum absolute atomic E-state index is 0.138. The molecule has 0 fully saturated rings. The van der Waals surface area contributed by atoms with Crippen LogP contribution in [0.3, 0.4) is 0 Å². The first-order valence-electron chi connectivity index (χ1n) is 10.7. The number of para-hydroxylation sites is 1. The van der Waals surface area contributed by atoms with E-state index in [1.165, 1.54) is 24.8 Å². The lowest BCUT2D eigenvalue weighted by molar-refractivity contribution is 0.0490. The van der Waals surface area contributed by atoms with Gasteiger partial charge in [-0.05, 0) is 49.6 Å². The van der Waals surface area contributed by atoms with Gasteiger partial charge in [-0.2, -0.15) is 0 Å². The van der Waals surface area contributed by atoms with Gasteiger partial charge in [0.25, 0.3) is 5.91 Å². The van der Waals surface area contributed by atoms with Crippen molar-refractivity contribution in [2.75, 3.05) is 11.9 Å². The maximum Gasteiger partial charge on any atom is 0.374 e. The van der Waals surface area contributed by atoms with Crippen LogP contribution in [0.25, 0.3) is 11.0 Å². The Bertz CT molecular complexity index is 1110. The molecule has 1 heterocycles. The van der Waals surface area contributed by atoms with Gasteiger partial charge in [0.05, 0.1) is 17.7 Å². The van der Waals surface area contributed by atoms with E-state index in [0.717, 1.165) is 18.9 Å². The van der Waals surface area contributed by atoms with E-state index in [1.54, 1.807) is 37.3 Å². The lowest BCUT2D eigenvalue weighted by Gasteiger charge is -2.09. The highest BCUT2D eigenvalue weighted by atomic mass is 16.5. The summed E-state index contributed by atoms with van der Waals surface area (Å²) in [7, 11) is 0. The Morgan fingerprint density at radius 3 is 2.48 bits per heavy atom. The molecule has 1 N–H and O–H groups in total. The zero-order valence-corrected chi connectivity index (χ0v) is 17.9. The van der Waals surface area contributed by atoms with Gasteiger partial charge in [-0.3, -0.25) is 9.59 Å². The molecule has 0 unspecified atom stereocenters. The van der Waals surface area contributed by atoms with E-state index in [4.69, 9.17) is 9.15 Å². The van der Waals surface area contributed by atoms with Crippen molar-refractivity contribution in [2.45, 2.75) is 46.0 Å². The van der Waals surface area contributed by atoms with Crippen LogP contribution in [0.1, 0.15) is 66.0 Å². The van der Waals surface area contributed by atoms with Gasteiger partial charge in [0.2, 0.25) is 5.76 Å². The van der Waals surface area contributed by atoms with Crippen molar-refractivity contribution in [3.05, 3.63) is 75.6 Å². The van der Waals surface area contributed by atoms with Crippen LogP contribution in [-0.4, -0.2) is 18.5 Å². The summed E-state index contributed by atoms with van der Waals surface area (Å²) >= 11 is 0. The monoisotopic (exact) mass is 421 g/mol. The zero-order chi connectivity index (χ0) is 22.2. The lowest BCUT2D eigenvalue weighted by atomic mass is 10.0. The highest BCUT2D eigenvalue weighted by Crippen LogP contribution is 2.23. The summed E-state index contributed by atoms with van der Waals surface area (Å²) in [4.78, 5) is 37.1. The molecule has 0 aliphatic carbocycles. The maximum atomic E-state index is 12.8. The third-order valence-corrected chi connectivity index (χ3v) is 5.01. The van der Waals surface area contributed by atoms with Gasteiger partial charge < -0.3 is 14.5 Å². The molecule has 0 bridgehead atoms. The lowest BCUT2D eigenvalue weighted by Crippen LogP contribution is -2.14. The Morgan fingerprint density at radius 1 is 1.00 bits per heavy atom. The molecule has 3 rings (SSSR count). The molecule has 0 saturated carbocycles. The van der Waals surface area contributed by atoms with Gasteiger partial charge >= 0.3 is 5.97 Å². The third-order valence-electron chi connectivity index (χ3n) is 5.01. The van der Waals surface area contributed by atoms with Crippen molar-refractivity contribution in [1.29, 1.82) is 0 Å². The maximum absolute atomic E-state index is 12.8. The first kappa shape index (κ1) is 22.3. The molecule has 0 atom stereocenters. The highest BCUT2D eigenvalue weighted by Gasteiger charge is 2.16. The molecule has 1 amide bonds. The van der Waals surface area contributed by atoms with Gasteiger partial charge in [-0.15, -0.1) is 0 Å². The summed E-state index contributed by atoms with van der Waals surface area (Å²) in [5, 5.41) is 3.05. The average Bonchev–Trinajstić information content (AvgIpc) is 2.77. The number of unbranched alkanes of at least 4 members (excludes halogenated alkanes) is 3. The second kappa shape index (κ2) is 10.6. The van der Waals surface area contributed by atoms with Gasteiger partial charge in [0, 0.05) is 11.6 Å². The van der Waals surface area contributed by atoms with E-state index in [9.17, 15) is 14.4 Å². The van der Waals surface area contributed by atoms with E-state index in [1.807, 2.05) is 12.1 Å². The molecule has 162 valence electrons. The summed E-state index contributed by atoms with van der Waals surface area (Å²) < 4.78 is 10.5. The molecular weight excluding hydrogens is 394 g/mol. The molecule has 6 heteroatoms. The number of carbonyl (C=O) groups excluding carboxylic acids is 2. The third kappa shape index (κ3) is 5.60. The van der Waals surface area contributed by atoms with Crippen molar-refractivity contribution < 1.29 is 18.7 Å². The average molecular weight is 421 g/mol. The second-order valence-electron chi connectivity index (χ2n) is 7.34. The summed E-state index contributed by atoms with van der Waals surface area (Å²) in [6.07, 6.45) is 5.78. The molecule has 0 aliphatic rings. The molecular formula is C25H27NO5. The second-order valence-corrected chi connectivity index (χ2v) is 7.34. The number of fused-ring (bicyclic) bond motifs is 1. The summed E-state index contributed by atoms with van der Waals surface area (Å²) in [6.45, 7) is 4.01. The fraction of sp³-hybridized carbons (Fsp3) is 0.320. The highest BCUT2D eigenvalue weighted by molar-refractivity contribution is 6.08. The summed E-state index contributed by atoms with van der Waals surface area (Å²) in [5.74, 6) is -1.25. The standard InChI is InChI=1S/C25H27NO5/c1-3-5-6-7-9-17-12-14-18(15-13-17)24(28)26-20-11-8-10-19-21(27)16-22(31-23(19)20)25(29)30-4-2/h8,10-16H,3-7,9H2,1-2H3,(H,26,28). The number of aryl methyl sites for hydroxylation is 1. The SMILES string of the molecule is CCCCCCc1ccc(C(=O)Nc2cccc3c(=O)cc(C(=O)OCC)oc23)cc1. The summed E-state index contributed by atoms with van der Waals surface area (Å²) in [5.41, 5.74) is 1.77. The number of carbonyl (C=O) groups is 2. The van der Waals surface area contributed by atoms with Crippen molar-refractivity contribution in [2.24, 2.45) is 0 Å². The molecule has 3 aromatic rings. The van der Waals surface area contributed by atoms with Crippen LogP contribution >= 0.6 is 0 Å². The Labute approximate surface area is 181 Å². The van der Waals surface area contributed by atoms with Crippen molar-refractivity contribution in [3.8, 4) is 0 Å². The van der Waals surface area contributed by atoms with Gasteiger partial charge in [0.15, 0.2) is 11.0 Å². The van der Waals surface area contributed by atoms with Gasteiger partial charge in [-0.25, -0.2) is 4.79 Å². The molecule has 1 aromatic heterocycles. The van der Waals surface area contributed by atoms with Crippen LogP contribution < -0.4 is 10.7 Å². The number of rotatable bonds is 9. The number of nitrogens with one attached hydrogen (secondary N) is 1. The fourth-order valence-electron chi connectivity index (χ4n) is 3.35. The minimum Gasteiger partial charge on any atom is -0.460 e. The van der Waals surface area contributed by atoms with E-state index < -0.39 is 5.97 Å². The number of hydrogen-bond donors (Lipinski definition) is 1. The predicted molar refractivity (Wildman–Crippen MR) is 121 cm³/mol. The van der Waals surface area contributed by atoms with E-state index >= 15 is 0 Å². The first-order valence-corrected chi connectivity index (χ1v) is 10.7. The molecule has 2 aromatic carbocycles. The minimum atomic E-state index is -0.725. The Morgan fingerprint density at radius 2 is 1.77 bits per heavy atom. The number of amides is 1. The topological polar surface area (TPSA) is 85.6 Å². The Hall–Kier alpha value is -3.41. The number of anilines is 1. The van der Waals surface area contributed by atoms with Crippen LogP contribution in [0.2, 0.25) is 0 Å². The largest absolute Gasteiger partial charge is 0.460 e. The number of hydrogen-bond acceptors (Lipinski definition) is 5. The van der Waals surface area contributed by atoms with Gasteiger partial charge in [-0.1, -0.05) is 44.4 Å². The van der Waals surface area contributed by atoms with Crippen LogP contribution in [0.15, 0.2) is 57.7 Å². The molecule has 0 radical (unpaired) electrons. The molecule has 0 aliphatic heterocycles. The first-order chi connectivity index (χ1) is 15.0. The molecule has 0 saturated heterocycles. The predicted octanol–water partition coefficient (Wildman–Crippen LogP) is 5.34. The van der Waals surface area contributed by atoms with Crippen LogP contribution in [0.4, 0.5) is 5.69 Å². The normalized spacial score (nSPS) is 10.8. The van der Waals surface area contributed by atoms with Crippen LogP contribution in [0.5, 0.6) is 0 Å². The smallest absolute Gasteiger partial charge is 0.374 e. The van der Waals surface area contributed by atoms with Crippen molar-refractivity contribution in [1.82, 2.24) is 0 Å². The Kier molecular flexibility index (Phi) is 7.60.